The van der Waals surface area contributed by atoms with E-state index in [0.717, 1.165) is 5.56 Å². The van der Waals surface area contributed by atoms with Crippen molar-refractivity contribution in [2.75, 3.05) is 0 Å². The van der Waals surface area contributed by atoms with Crippen LogP contribution in [0, 0.1) is 0 Å². The molecule has 0 unspecified atom stereocenters. The van der Waals surface area contributed by atoms with Gasteiger partial charge in [0.1, 0.15) is 12.6 Å². The van der Waals surface area contributed by atoms with Crippen molar-refractivity contribution < 1.29 is 24.5 Å². The number of piperidine rings is 1. The molecule has 4 atom stereocenters. The van der Waals surface area contributed by atoms with Gasteiger partial charge in [0.05, 0.1) is 6.10 Å². The maximum atomic E-state index is 12.2. The maximum Gasteiger partial charge on any atom is 0.329 e. The van der Waals surface area contributed by atoms with Crippen molar-refractivity contribution in [3.63, 3.8) is 0 Å². The van der Waals surface area contributed by atoms with Gasteiger partial charge in [-0.1, -0.05) is 30.3 Å². The molecule has 1 amide bonds. The summed E-state index contributed by atoms with van der Waals surface area (Å²) in [6.45, 7) is 0.161. The molecule has 0 saturated carbocycles. The van der Waals surface area contributed by atoms with Crippen LogP contribution in [-0.2, 0) is 20.9 Å². The Morgan fingerprint density at radius 3 is 2.68 bits per heavy atom. The summed E-state index contributed by atoms with van der Waals surface area (Å²) in [5, 5.41) is 19.4. The Bertz CT molecular complexity index is 561. The molecular formula is C16H19NO5. The van der Waals surface area contributed by atoms with Crippen molar-refractivity contribution in [3.8, 4) is 0 Å². The van der Waals surface area contributed by atoms with Crippen molar-refractivity contribution in [1.29, 1.82) is 0 Å². The number of rotatable bonds is 3. The number of ether oxygens (including phenoxy) is 1. The Labute approximate surface area is 128 Å². The molecule has 1 aromatic rings. The van der Waals surface area contributed by atoms with Gasteiger partial charge in [-0.25, -0.2) is 4.79 Å². The maximum absolute atomic E-state index is 12.2. The number of aliphatic hydroxyl groups is 2. The van der Waals surface area contributed by atoms with Crippen LogP contribution in [0.3, 0.4) is 0 Å². The number of nitrogens with zero attached hydrogens (tertiary/aromatic N) is 1. The highest BCUT2D eigenvalue weighted by molar-refractivity contribution is 5.89. The highest BCUT2D eigenvalue weighted by Crippen LogP contribution is 2.33. The number of benzene rings is 1. The van der Waals surface area contributed by atoms with Crippen LogP contribution in [-0.4, -0.2) is 51.3 Å². The number of hydrogen-bond acceptors (Lipinski definition) is 5. The Balaban J connectivity index is 1.65. The van der Waals surface area contributed by atoms with Gasteiger partial charge < -0.3 is 19.8 Å². The molecule has 2 aliphatic heterocycles. The van der Waals surface area contributed by atoms with E-state index in [2.05, 4.69) is 0 Å². The van der Waals surface area contributed by atoms with E-state index in [0.29, 0.717) is 19.3 Å². The van der Waals surface area contributed by atoms with Gasteiger partial charge in [-0.05, 0) is 24.8 Å². The lowest BCUT2D eigenvalue weighted by molar-refractivity contribution is -0.167. The van der Waals surface area contributed by atoms with Crippen molar-refractivity contribution in [1.82, 2.24) is 4.90 Å². The molecule has 0 spiro atoms. The van der Waals surface area contributed by atoms with Crippen molar-refractivity contribution in [3.05, 3.63) is 35.9 Å². The van der Waals surface area contributed by atoms with Crippen LogP contribution < -0.4 is 0 Å². The first-order valence-electron chi connectivity index (χ1n) is 7.47. The average molecular weight is 305 g/mol. The topological polar surface area (TPSA) is 87.1 Å². The predicted molar refractivity (Wildman–Crippen MR) is 76.5 cm³/mol. The number of fused-ring (bicyclic) bond motifs is 1. The zero-order valence-corrected chi connectivity index (χ0v) is 12.1. The minimum Gasteiger partial charge on any atom is -0.459 e. The van der Waals surface area contributed by atoms with Crippen LogP contribution in [0.4, 0.5) is 0 Å². The smallest absolute Gasteiger partial charge is 0.329 e. The summed E-state index contributed by atoms with van der Waals surface area (Å²) in [5.41, 5.74) is 0.880. The van der Waals surface area contributed by atoms with Crippen LogP contribution in [0.5, 0.6) is 0 Å². The van der Waals surface area contributed by atoms with Gasteiger partial charge in [-0.15, -0.1) is 0 Å². The number of hydrogen-bond donors (Lipinski definition) is 2. The summed E-state index contributed by atoms with van der Waals surface area (Å²) < 4.78 is 5.29. The number of carbonyl (C=O) groups is 2. The first-order chi connectivity index (χ1) is 10.6. The molecule has 6 heteroatoms. The van der Waals surface area contributed by atoms with E-state index in [1.165, 1.54) is 4.90 Å². The Morgan fingerprint density at radius 2 is 1.95 bits per heavy atom. The van der Waals surface area contributed by atoms with Gasteiger partial charge in [-0.3, -0.25) is 4.79 Å². The summed E-state index contributed by atoms with van der Waals surface area (Å²) in [6, 6.07) is 8.46. The Morgan fingerprint density at radius 1 is 1.23 bits per heavy atom. The highest BCUT2D eigenvalue weighted by Gasteiger charge is 2.49. The molecule has 118 valence electrons. The second-order valence-electron chi connectivity index (χ2n) is 5.83. The monoisotopic (exact) mass is 305 g/mol. The zero-order valence-electron chi connectivity index (χ0n) is 12.1. The van der Waals surface area contributed by atoms with E-state index in [-0.39, 0.29) is 12.6 Å². The standard InChI is InChI=1S/C16H19NO5/c18-13-8-11-6-7-12(17(11)15(20)14(13)19)16(21)22-9-10-4-2-1-3-5-10/h1-5,11-14,18-19H,6-9H2/t11-,12+,13-,14-/m1/s1. The molecule has 2 N–H and O–H groups in total. The third kappa shape index (κ3) is 2.71. The van der Waals surface area contributed by atoms with Crippen molar-refractivity contribution in [2.24, 2.45) is 0 Å². The van der Waals surface area contributed by atoms with Gasteiger partial charge in [0.15, 0.2) is 6.10 Å². The molecule has 0 bridgehead atoms. The summed E-state index contributed by atoms with van der Waals surface area (Å²) in [5.74, 6) is -1.04. The van der Waals surface area contributed by atoms with Crippen LogP contribution >= 0.6 is 0 Å². The van der Waals surface area contributed by atoms with E-state index >= 15 is 0 Å². The lowest BCUT2D eigenvalue weighted by Crippen LogP contribution is -2.57. The molecule has 2 saturated heterocycles. The highest BCUT2D eigenvalue weighted by atomic mass is 16.5. The largest absolute Gasteiger partial charge is 0.459 e. The normalized spacial score (nSPS) is 31.0. The molecule has 2 heterocycles. The van der Waals surface area contributed by atoms with Gasteiger partial charge >= 0.3 is 5.97 Å². The molecule has 0 aromatic heterocycles. The molecule has 22 heavy (non-hydrogen) atoms. The number of aliphatic hydroxyl groups excluding tert-OH is 2. The second kappa shape index (κ2) is 6.06. The summed E-state index contributed by atoms with van der Waals surface area (Å²) in [6.07, 6.45) is -1.05. The SMILES string of the molecule is O=C(OCc1ccccc1)[C@@H]1CC[C@@H]2C[C@@H](O)[C@@H](O)C(=O)N21. The fraction of sp³-hybridized carbons (Fsp3) is 0.500. The minimum atomic E-state index is -1.45. The van der Waals surface area contributed by atoms with Crippen molar-refractivity contribution >= 4 is 11.9 Å². The first-order valence-corrected chi connectivity index (χ1v) is 7.47. The average Bonchev–Trinajstić information content (AvgIpc) is 2.95. The molecular weight excluding hydrogens is 286 g/mol. The van der Waals surface area contributed by atoms with E-state index in [4.69, 9.17) is 4.74 Å². The fourth-order valence-corrected chi connectivity index (χ4v) is 3.23. The molecule has 2 aliphatic rings. The van der Waals surface area contributed by atoms with Gasteiger partial charge in [0.2, 0.25) is 0 Å². The summed E-state index contributed by atoms with van der Waals surface area (Å²) in [4.78, 5) is 25.8. The van der Waals surface area contributed by atoms with Gasteiger partial charge in [0, 0.05) is 6.04 Å². The van der Waals surface area contributed by atoms with Gasteiger partial charge in [-0.2, -0.15) is 0 Å². The van der Waals surface area contributed by atoms with Crippen LogP contribution in [0.2, 0.25) is 0 Å². The van der Waals surface area contributed by atoms with Crippen LogP contribution in [0.1, 0.15) is 24.8 Å². The lowest BCUT2D eigenvalue weighted by atomic mass is 9.97. The van der Waals surface area contributed by atoms with E-state index in [1.54, 1.807) is 0 Å². The molecule has 6 nitrogen and oxygen atoms in total. The molecule has 2 fully saturated rings. The quantitative estimate of drug-likeness (QED) is 0.780. The lowest BCUT2D eigenvalue weighted by Gasteiger charge is -2.37. The number of esters is 1. The molecule has 3 rings (SSSR count). The van der Waals surface area contributed by atoms with E-state index < -0.39 is 30.1 Å². The molecule has 1 aromatic carbocycles. The van der Waals surface area contributed by atoms with Crippen molar-refractivity contribution in [2.45, 2.75) is 50.2 Å². The van der Waals surface area contributed by atoms with E-state index in [1.807, 2.05) is 30.3 Å². The Kier molecular flexibility index (Phi) is 4.13. The second-order valence-corrected chi connectivity index (χ2v) is 5.83. The molecule has 0 aliphatic carbocycles. The number of amides is 1. The third-order valence-electron chi connectivity index (χ3n) is 4.38. The first kappa shape index (κ1) is 15.0. The van der Waals surface area contributed by atoms with Crippen LogP contribution in [0.25, 0.3) is 0 Å². The van der Waals surface area contributed by atoms with Gasteiger partial charge in [0.25, 0.3) is 5.91 Å². The predicted octanol–water partition coefficient (Wildman–Crippen LogP) is 0.215. The Hall–Kier alpha value is -1.92. The third-order valence-corrected chi connectivity index (χ3v) is 4.38. The van der Waals surface area contributed by atoms with Crippen LogP contribution in [0.15, 0.2) is 30.3 Å². The minimum absolute atomic E-state index is 0.161. The van der Waals surface area contributed by atoms with E-state index in [9.17, 15) is 19.8 Å². The summed E-state index contributed by atoms with van der Waals surface area (Å²) in [7, 11) is 0. The number of carbonyl (C=O) groups excluding carboxylic acids is 2. The fourth-order valence-electron chi connectivity index (χ4n) is 3.23. The zero-order chi connectivity index (χ0) is 15.7. The summed E-state index contributed by atoms with van der Waals surface area (Å²) >= 11 is 0. The molecule has 0 radical (unpaired) electrons.